The van der Waals surface area contributed by atoms with E-state index in [0.717, 1.165) is 0 Å². The van der Waals surface area contributed by atoms with Gasteiger partial charge in [-0.2, -0.15) is 0 Å². The van der Waals surface area contributed by atoms with Crippen LogP contribution < -0.4 is 0 Å². The number of hydrogen-bond acceptors (Lipinski definition) is 4. The number of aliphatic carboxylic acids is 1. The molecule has 0 saturated heterocycles. The van der Waals surface area contributed by atoms with Crippen molar-refractivity contribution in [2.45, 2.75) is 85.2 Å². The molecule has 0 aliphatic carbocycles. The van der Waals surface area contributed by atoms with Crippen LogP contribution in [0.25, 0.3) is 0 Å². The largest absolute Gasteiger partial charge is 0.478 e. The molecule has 0 spiro atoms. The lowest BCUT2D eigenvalue weighted by atomic mass is 9.90. The second kappa shape index (κ2) is 11.4. The highest BCUT2D eigenvalue weighted by atomic mass is 32.2. The molecule has 0 unspecified atom stereocenters. The molecule has 158 valence electrons. The molecule has 6 heteroatoms. The SMILES string of the molecule is C/C=C(\C)[C@H](O[Si](C)(C)C(C)(C)C)[C@@H](C)[C@H](C/C=C(\C)C(=O)O)OCSC. The minimum absolute atomic E-state index is 0.0405. The minimum Gasteiger partial charge on any atom is -0.478 e. The van der Waals surface area contributed by atoms with Crippen LogP contribution in [0.5, 0.6) is 0 Å². The van der Waals surface area contributed by atoms with E-state index in [1.807, 2.05) is 13.2 Å². The fourth-order valence-electron chi connectivity index (χ4n) is 2.44. The van der Waals surface area contributed by atoms with Gasteiger partial charge in [-0.3, -0.25) is 0 Å². The summed E-state index contributed by atoms with van der Waals surface area (Å²) < 4.78 is 12.9. The summed E-state index contributed by atoms with van der Waals surface area (Å²) in [5.74, 6) is -0.193. The monoisotopic (exact) mass is 416 g/mol. The standard InChI is InChI=1S/C21H40O4SSi/c1-11-15(2)19(25-27(9,10)21(5,6)7)17(4)18(24-14-26-8)13-12-16(3)20(22)23/h11-12,17-19H,13-14H2,1-10H3,(H,22,23)/b15-11+,16-12+/t17-,18-,19-/m0/s1. The van der Waals surface area contributed by atoms with Crippen molar-refractivity contribution < 1.29 is 19.1 Å². The molecule has 0 aliphatic rings. The fraction of sp³-hybridized carbons (Fsp3) is 0.762. The molecular weight excluding hydrogens is 376 g/mol. The number of carboxylic acids is 1. The van der Waals surface area contributed by atoms with Crippen LogP contribution in [-0.4, -0.2) is 43.8 Å². The van der Waals surface area contributed by atoms with E-state index in [0.29, 0.717) is 17.9 Å². The zero-order valence-electron chi connectivity index (χ0n) is 18.9. The number of ether oxygens (including phenoxy) is 1. The summed E-state index contributed by atoms with van der Waals surface area (Å²) in [6, 6.07) is 0. The second-order valence-corrected chi connectivity index (χ2v) is 14.3. The molecule has 0 aromatic rings. The molecule has 0 radical (unpaired) electrons. The summed E-state index contributed by atoms with van der Waals surface area (Å²) >= 11 is 1.63. The van der Waals surface area contributed by atoms with Gasteiger partial charge in [0.05, 0.1) is 18.1 Å². The molecule has 0 aliphatic heterocycles. The van der Waals surface area contributed by atoms with Gasteiger partial charge in [0.2, 0.25) is 0 Å². The average Bonchev–Trinajstić information content (AvgIpc) is 2.57. The van der Waals surface area contributed by atoms with E-state index < -0.39 is 14.3 Å². The first kappa shape index (κ1) is 26.4. The number of carbonyl (C=O) groups is 1. The topological polar surface area (TPSA) is 55.8 Å². The maximum atomic E-state index is 11.1. The minimum atomic E-state index is -1.96. The molecule has 0 bridgehead atoms. The van der Waals surface area contributed by atoms with Crippen molar-refractivity contribution in [1.82, 2.24) is 0 Å². The fourth-order valence-corrected chi connectivity index (χ4v) is 4.14. The Morgan fingerprint density at radius 3 is 2.22 bits per heavy atom. The summed E-state index contributed by atoms with van der Waals surface area (Å²) in [6.45, 7) is 19.2. The highest BCUT2D eigenvalue weighted by Crippen LogP contribution is 2.39. The highest BCUT2D eigenvalue weighted by molar-refractivity contribution is 7.98. The van der Waals surface area contributed by atoms with E-state index in [9.17, 15) is 4.79 Å². The van der Waals surface area contributed by atoms with Crippen molar-refractivity contribution in [3.63, 3.8) is 0 Å². The third-order valence-electron chi connectivity index (χ3n) is 5.59. The van der Waals surface area contributed by atoms with Gasteiger partial charge >= 0.3 is 5.97 Å². The zero-order valence-corrected chi connectivity index (χ0v) is 20.7. The first-order valence-electron chi connectivity index (χ1n) is 9.59. The quantitative estimate of drug-likeness (QED) is 0.191. The lowest BCUT2D eigenvalue weighted by molar-refractivity contribution is -0.132. The van der Waals surface area contributed by atoms with E-state index >= 15 is 0 Å². The van der Waals surface area contributed by atoms with E-state index in [2.05, 4.69) is 53.8 Å². The van der Waals surface area contributed by atoms with Gasteiger partial charge < -0.3 is 14.3 Å². The first-order chi connectivity index (χ1) is 12.3. The van der Waals surface area contributed by atoms with E-state index in [4.69, 9.17) is 14.3 Å². The van der Waals surface area contributed by atoms with E-state index in [1.54, 1.807) is 24.8 Å². The molecule has 0 heterocycles. The summed E-state index contributed by atoms with van der Waals surface area (Å²) in [5.41, 5.74) is 1.55. The Hall–Kier alpha value is -0.563. The number of hydrogen-bond donors (Lipinski definition) is 1. The molecule has 3 atom stereocenters. The van der Waals surface area contributed by atoms with Gasteiger partial charge in [-0.15, -0.1) is 11.8 Å². The molecule has 27 heavy (non-hydrogen) atoms. The van der Waals surface area contributed by atoms with E-state index in [-0.39, 0.29) is 23.2 Å². The van der Waals surface area contributed by atoms with Gasteiger partial charge in [-0.1, -0.05) is 39.8 Å². The van der Waals surface area contributed by atoms with Gasteiger partial charge in [-0.05, 0) is 57.2 Å². The molecule has 0 saturated carbocycles. The molecule has 0 fully saturated rings. The first-order valence-corrected chi connectivity index (χ1v) is 13.9. The zero-order chi connectivity index (χ0) is 21.4. The third-order valence-corrected chi connectivity index (χ3v) is 10.4. The van der Waals surface area contributed by atoms with E-state index in [1.165, 1.54) is 5.57 Å². The molecule has 0 aromatic carbocycles. The third kappa shape index (κ3) is 8.54. The summed E-state index contributed by atoms with van der Waals surface area (Å²) in [4.78, 5) is 11.1. The lowest BCUT2D eigenvalue weighted by Gasteiger charge is -2.42. The Bertz CT molecular complexity index is 535. The molecule has 1 N–H and O–H groups in total. The van der Waals surface area contributed by atoms with Crippen LogP contribution in [0.2, 0.25) is 18.1 Å². The Morgan fingerprint density at radius 2 is 1.81 bits per heavy atom. The predicted octanol–water partition coefficient (Wildman–Crippen LogP) is 6.11. The smallest absolute Gasteiger partial charge is 0.330 e. The van der Waals surface area contributed by atoms with Gasteiger partial charge in [0.25, 0.3) is 0 Å². The Morgan fingerprint density at radius 1 is 1.26 bits per heavy atom. The molecule has 0 amide bonds. The number of allylic oxidation sites excluding steroid dienone is 1. The van der Waals surface area contributed by atoms with Gasteiger partial charge in [0.1, 0.15) is 0 Å². The normalized spacial score (nSPS) is 17.6. The number of rotatable bonds is 11. The maximum Gasteiger partial charge on any atom is 0.330 e. The molecule has 0 aromatic heterocycles. The van der Waals surface area contributed by atoms with Gasteiger partial charge in [-0.25, -0.2) is 4.79 Å². The van der Waals surface area contributed by atoms with Crippen LogP contribution >= 0.6 is 11.8 Å². The van der Waals surface area contributed by atoms with Crippen LogP contribution in [0.3, 0.4) is 0 Å². The Balaban J connectivity index is 5.68. The molecule has 0 rings (SSSR count). The predicted molar refractivity (Wildman–Crippen MR) is 120 cm³/mol. The number of carboxylic acid groups (broad SMARTS) is 1. The molecule has 4 nitrogen and oxygen atoms in total. The van der Waals surface area contributed by atoms with Crippen LogP contribution in [-0.2, 0) is 14.0 Å². The van der Waals surface area contributed by atoms with Crippen molar-refractivity contribution in [3.8, 4) is 0 Å². The van der Waals surface area contributed by atoms with Crippen LogP contribution in [0, 0.1) is 5.92 Å². The van der Waals surface area contributed by atoms with Crippen molar-refractivity contribution in [1.29, 1.82) is 0 Å². The van der Waals surface area contributed by atoms with Crippen molar-refractivity contribution >= 4 is 26.0 Å². The second-order valence-electron chi connectivity index (χ2n) is 8.73. The van der Waals surface area contributed by atoms with Gasteiger partial charge in [0.15, 0.2) is 8.32 Å². The Kier molecular flexibility index (Phi) is 11.2. The van der Waals surface area contributed by atoms with Crippen molar-refractivity contribution in [3.05, 3.63) is 23.3 Å². The van der Waals surface area contributed by atoms with Crippen LogP contribution in [0.15, 0.2) is 23.3 Å². The molecular formula is C21H40O4SSi. The number of thioether (sulfide) groups is 1. The Labute approximate surface area is 171 Å². The summed E-state index contributed by atoms with van der Waals surface area (Å²) in [5, 5.41) is 9.27. The van der Waals surface area contributed by atoms with Crippen LogP contribution in [0.1, 0.15) is 54.9 Å². The summed E-state index contributed by atoms with van der Waals surface area (Å²) in [7, 11) is -1.96. The summed E-state index contributed by atoms with van der Waals surface area (Å²) in [6.07, 6.45) is 6.30. The highest BCUT2D eigenvalue weighted by Gasteiger charge is 2.41. The van der Waals surface area contributed by atoms with Crippen LogP contribution in [0.4, 0.5) is 0 Å². The lowest BCUT2D eigenvalue weighted by Crippen LogP contribution is -2.47. The van der Waals surface area contributed by atoms with Gasteiger partial charge in [0, 0.05) is 11.5 Å². The van der Waals surface area contributed by atoms with Crippen molar-refractivity contribution in [2.24, 2.45) is 5.92 Å². The van der Waals surface area contributed by atoms with Crippen molar-refractivity contribution in [2.75, 3.05) is 12.2 Å². The maximum absolute atomic E-state index is 11.1. The average molecular weight is 417 g/mol.